The van der Waals surface area contributed by atoms with Crippen molar-refractivity contribution >= 4 is 17.5 Å². The van der Waals surface area contributed by atoms with E-state index in [1.807, 2.05) is 0 Å². The molecule has 0 saturated heterocycles. The summed E-state index contributed by atoms with van der Waals surface area (Å²) in [6.07, 6.45) is 5.87. The molecule has 2 aliphatic rings. The van der Waals surface area contributed by atoms with Gasteiger partial charge in [0.05, 0.1) is 11.8 Å². The van der Waals surface area contributed by atoms with Crippen LogP contribution >= 0.6 is 0 Å². The van der Waals surface area contributed by atoms with Crippen LogP contribution in [-0.4, -0.2) is 32.5 Å². The van der Waals surface area contributed by atoms with E-state index in [9.17, 15) is 24.6 Å². The number of hydrogen-bond acceptors (Lipinski definition) is 6. The molecule has 0 unspecified atom stereocenters. The summed E-state index contributed by atoms with van der Waals surface area (Å²) in [5.74, 6) is -2.09. The van der Waals surface area contributed by atoms with E-state index in [-0.39, 0.29) is 35.2 Å². The highest BCUT2D eigenvalue weighted by Gasteiger charge is 2.34. The minimum Gasteiger partial charge on any atom is -0.492 e. The molecule has 7 heteroatoms. The lowest BCUT2D eigenvalue weighted by atomic mass is 9.77. The van der Waals surface area contributed by atoms with Crippen LogP contribution in [0, 0.1) is 17.8 Å². The predicted molar refractivity (Wildman–Crippen MR) is 82.1 cm³/mol. The quantitative estimate of drug-likeness (QED) is 0.806. The Morgan fingerprint density at radius 1 is 1.04 bits per heavy atom. The maximum Gasteiger partial charge on any atom is 0.336 e. The summed E-state index contributed by atoms with van der Waals surface area (Å²) < 4.78 is 0.690. The summed E-state index contributed by atoms with van der Waals surface area (Å²) in [5, 5.41) is 19.0. The number of allylic oxidation sites excluding steroid dienone is 2. The molecule has 0 atom stereocenters. The second kappa shape index (κ2) is 6.51. The first-order valence-electron chi connectivity index (χ1n) is 8.03. The van der Waals surface area contributed by atoms with Gasteiger partial charge in [-0.15, -0.1) is 4.73 Å². The predicted octanol–water partition coefficient (Wildman–Crippen LogP) is 1.38. The van der Waals surface area contributed by atoms with E-state index < -0.39 is 11.9 Å². The number of carbonyl (C=O) groups is 3. The summed E-state index contributed by atoms with van der Waals surface area (Å²) >= 11 is 0. The molecule has 1 aromatic heterocycles. The third-order valence-corrected chi connectivity index (χ3v) is 4.83. The molecule has 0 amide bonds. The topological polar surface area (TPSA) is 106 Å². The highest BCUT2D eigenvalue weighted by molar-refractivity contribution is 6.18. The lowest BCUT2D eigenvalue weighted by Crippen LogP contribution is -2.31. The van der Waals surface area contributed by atoms with Gasteiger partial charge in [-0.25, -0.2) is 4.79 Å². The third kappa shape index (κ3) is 3.20. The van der Waals surface area contributed by atoms with Gasteiger partial charge in [0.1, 0.15) is 0 Å². The van der Waals surface area contributed by atoms with Crippen LogP contribution in [0.5, 0.6) is 11.8 Å². The van der Waals surface area contributed by atoms with E-state index in [1.165, 1.54) is 24.3 Å². The van der Waals surface area contributed by atoms with E-state index in [0.29, 0.717) is 24.0 Å². The van der Waals surface area contributed by atoms with Gasteiger partial charge in [0, 0.05) is 12.1 Å². The van der Waals surface area contributed by atoms with Gasteiger partial charge in [-0.3, -0.25) is 9.59 Å². The van der Waals surface area contributed by atoms with Gasteiger partial charge >= 0.3 is 5.97 Å². The van der Waals surface area contributed by atoms with Crippen LogP contribution in [0.1, 0.15) is 32.1 Å². The van der Waals surface area contributed by atoms with E-state index in [2.05, 4.69) is 0 Å². The Morgan fingerprint density at radius 3 is 2.12 bits per heavy atom. The van der Waals surface area contributed by atoms with Crippen LogP contribution in [0.2, 0.25) is 0 Å². The molecule has 1 heterocycles. The number of nitrogens with zero attached hydrogens (tertiary/aromatic N) is 1. The van der Waals surface area contributed by atoms with Gasteiger partial charge in [-0.2, -0.15) is 0 Å². The van der Waals surface area contributed by atoms with Crippen molar-refractivity contribution in [3.8, 4) is 11.8 Å². The Kier molecular flexibility index (Phi) is 4.42. The number of aromatic nitrogens is 1. The van der Waals surface area contributed by atoms with Gasteiger partial charge in [0.25, 0.3) is 0 Å². The molecule has 24 heavy (non-hydrogen) atoms. The summed E-state index contributed by atoms with van der Waals surface area (Å²) in [7, 11) is 0. The van der Waals surface area contributed by atoms with Crippen LogP contribution in [0.4, 0.5) is 0 Å². The highest BCUT2D eigenvalue weighted by Crippen LogP contribution is 2.34. The highest BCUT2D eigenvalue weighted by atomic mass is 16.7. The van der Waals surface area contributed by atoms with Crippen molar-refractivity contribution in [3.63, 3.8) is 0 Å². The fraction of sp³-hybridized carbons (Fsp3) is 0.471. The van der Waals surface area contributed by atoms with Crippen molar-refractivity contribution in [1.82, 2.24) is 4.73 Å². The SMILES string of the molecule is O=C(On1c(O)ccc1O)C1CCC(CC2C(=O)C=CC2=O)CC1. The van der Waals surface area contributed by atoms with E-state index in [1.54, 1.807) is 0 Å². The Labute approximate surface area is 138 Å². The number of carbonyl (C=O) groups excluding carboxylic acids is 3. The zero-order chi connectivity index (χ0) is 17.3. The van der Waals surface area contributed by atoms with Crippen molar-refractivity contribution in [3.05, 3.63) is 24.3 Å². The molecule has 2 aliphatic carbocycles. The molecule has 3 rings (SSSR count). The Balaban J connectivity index is 1.51. The molecule has 1 saturated carbocycles. The zero-order valence-corrected chi connectivity index (χ0v) is 13.1. The Morgan fingerprint density at radius 2 is 1.58 bits per heavy atom. The van der Waals surface area contributed by atoms with E-state index >= 15 is 0 Å². The number of rotatable bonds is 4. The fourth-order valence-electron chi connectivity index (χ4n) is 3.40. The molecule has 1 fully saturated rings. The zero-order valence-electron chi connectivity index (χ0n) is 13.1. The molecule has 2 N–H and O–H groups in total. The summed E-state index contributed by atoms with van der Waals surface area (Å²) in [5.41, 5.74) is 0. The van der Waals surface area contributed by atoms with Crippen molar-refractivity contribution in [1.29, 1.82) is 0 Å². The van der Waals surface area contributed by atoms with E-state index in [0.717, 1.165) is 12.8 Å². The average molecular weight is 333 g/mol. The normalized spacial score (nSPS) is 24.5. The minimum absolute atomic E-state index is 0.125. The molecule has 0 bridgehead atoms. The molecule has 0 aromatic carbocycles. The van der Waals surface area contributed by atoms with Crippen LogP contribution in [0.3, 0.4) is 0 Å². The third-order valence-electron chi connectivity index (χ3n) is 4.83. The van der Waals surface area contributed by atoms with Gasteiger partial charge in [0.15, 0.2) is 11.6 Å². The van der Waals surface area contributed by atoms with Crippen LogP contribution in [0.15, 0.2) is 24.3 Å². The second-order valence-corrected chi connectivity index (χ2v) is 6.40. The van der Waals surface area contributed by atoms with Gasteiger partial charge in [-0.1, -0.05) is 0 Å². The molecule has 0 spiro atoms. The Bertz CT molecular complexity index is 658. The second-order valence-electron chi connectivity index (χ2n) is 6.40. The van der Waals surface area contributed by atoms with Gasteiger partial charge in [0.2, 0.25) is 11.8 Å². The smallest absolute Gasteiger partial charge is 0.336 e. The van der Waals surface area contributed by atoms with Crippen molar-refractivity contribution in [2.24, 2.45) is 17.8 Å². The lowest BCUT2D eigenvalue weighted by Gasteiger charge is -2.28. The molecular weight excluding hydrogens is 314 g/mol. The molecule has 0 radical (unpaired) electrons. The summed E-state index contributed by atoms with van der Waals surface area (Å²) in [4.78, 5) is 40.4. The fourth-order valence-corrected chi connectivity index (χ4v) is 3.40. The first kappa shape index (κ1) is 16.3. The largest absolute Gasteiger partial charge is 0.492 e. The number of hydrogen-bond donors (Lipinski definition) is 2. The van der Waals surface area contributed by atoms with Crippen LogP contribution in [-0.2, 0) is 14.4 Å². The monoisotopic (exact) mass is 333 g/mol. The Hall–Kier alpha value is -2.57. The molecule has 7 nitrogen and oxygen atoms in total. The van der Waals surface area contributed by atoms with Crippen LogP contribution in [0.25, 0.3) is 0 Å². The van der Waals surface area contributed by atoms with Crippen molar-refractivity contribution < 1.29 is 29.4 Å². The standard InChI is InChI=1S/C17H19NO6/c19-13-5-6-14(20)12(13)9-10-1-3-11(4-2-10)17(23)24-18-15(21)7-8-16(18)22/h5-8,10-12,21-22H,1-4,9H2. The van der Waals surface area contributed by atoms with Crippen molar-refractivity contribution in [2.75, 3.05) is 0 Å². The molecular formula is C17H19NO6. The summed E-state index contributed by atoms with van der Waals surface area (Å²) in [6.45, 7) is 0. The minimum atomic E-state index is -0.549. The summed E-state index contributed by atoms with van der Waals surface area (Å²) in [6, 6.07) is 2.45. The maximum absolute atomic E-state index is 12.1. The van der Waals surface area contributed by atoms with Crippen LogP contribution < -0.4 is 4.84 Å². The lowest BCUT2D eigenvalue weighted by molar-refractivity contribution is -0.152. The molecule has 128 valence electrons. The van der Waals surface area contributed by atoms with Gasteiger partial charge < -0.3 is 15.1 Å². The van der Waals surface area contributed by atoms with Gasteiger partial charge in [-0.05, 0) is 50.2 Å². The first-order chi connectivity index (χ1) is 11.5. The maximum atomic E-state index is 12.1. The first-order valence-corrected chi connectivity index (χ1v) is 8.03. The average Bonchev–Trinajstić information content (AvgIpc) is 3.05. The number of aromatic hydroxyl groups is 2. The molecule has 1 aromatic rings. The van der Waals surface area contributed by atoms with Crippen molar-refractivity contribution in [2.45, 2.75) is 32.1 Å². The van der Waals surface area contributed by atoms with E-state index in [4.69, 9.17) is 4.84 Å². The molecule has 0 aliphatic heterocycles. The number of ketones is 2.